The van der Waals surface area contributed by atoms with E-state index in [1.807, 2.05) is 0 Å². The monoisotopic (exact) mass is 405 g/mol. The van der Waals surface area contributed by atoms with Crippen molar-refractivity contribution in [2.75, 3.05) is 20.0 Å². The van der Waals surface area contributed by atoms with Gasteiger partial charge in [0.15, 0.2) is 5.82 Å². The van der Waals surface area contributed by atoms with Gasteiger partial charge in [-0.1, -0.05) is 13.8 Å². The van der Waals surface area contributed by atoms with E-state index < -0.39 is 5.60 Å². The first-order valence-electron chi connectivity index (χ1n) is 7.20. The minimum Gasteiger partial charge on any atom is -0.383 e. The molecule has 0 spiro atoms. The minimum absolute atomic E-state index is 0.353. The van der Waals surface area contributed by atoms with Crippen LogP contribution in [-0.4, -0.2) is 24.2 Å². The molecule has 21 heavy (non-hydrogen) atoms. The van der Waals surface area contributed by atoms with Crippen molar-refractivity contribution in [1.29, 1.82) is 0 Å². The highest BCUT2D eigenvalue weighted by Crippen LogP contribution is 2.46. The molecule has 0 aliphatic heterocycles. The van der Waals surface area contributed by atoms with Crippen molar-refractivity contribution in [1.82, 2.24) is 9.97 Å². The van der Waals surface area contributed by atoms with E-state index in [0.717, 1.165) is 34.9 Å². The standard InChI is InChI=1S/C15H24IN3O2/c1-14(2)5-7-15(21-4,8-6-14)13-18-10(9-20-3)11(16)12(17)19-13/h5-9H2,1-4H3,(H2,17,18,19). The van der Waals surface area contributed by atoms with Crippen molar-refractivity contribution in [3.63, 3.8) is 0 Å². The highest BCUT2D eigenvalue weighted by atomic mass is 127. The maximum atomic E-state index is 6.06. The predicted octanol–water partition coefficient (Wildman–Crippen LogP) is 3.25. The van der Waals surface area contributed by atoms with Crippen molar-refractivity contribution in [3.8, 4) is 0 Å². The number of nitrogens with two attached hydrogens (primary N) is 1. The second-order valence-corrected chi connectivity index (χ2v) is 7.57. The summed E-state index contributed by atoms with van der Waals surface area (Å²) < 4.78 is 11.9. The number of nitrogens with zero attached hydrogens (tertiary/aromatic N) is 2. The van der Waals surface area contributed by atoms with Gasteiger partial charge >= 0.3 is 0 Å². The molecule has 0 unspecified atom stereocenters. The zero-order chi connectivity index (χ0) is 15.7. The van der Waals surface area contributed by atoms with E-state index in [1.54, 1.807) is 14.2 Å². The first-order valence-corrected chi connectivity index (χ1v) is 8.28. The zero-order valence-corrected chi connectivity index (χ0v) is 15.4. The Morgan fingerprint density at radius 1 is 1.14 bits per heavy atom. The van der Waals surface area contributed by atoms with Gasteiger partial charge in [-0.2, -0.15) is 0 Å². The fraction of sp³-hybridized carbons (Fsp3) is 0.733. The lowest BCUT2D eigenvalue weighted by atomic mass is 9.70. The molecule has 1 fully saturated rings. The molecular formula is C15H24IN3O2. The van der Waals surface area contributed by atoms with Gasteiger partial charge in [-0.3, -0.25) is 0 Å². The number of methoxy groups -OCH3 is 2. The van der Waals surface area contributed by atoms with E-state index in [0.29, 0.717) is 23.7 Å². The number of hydrogen-bond acceptors (Lipinski definition) is 5. The lowest BCUT2D eigenvalue weighted by molar-refractivity contribution is -0.0731. The summed E-state index contributed by atoms with van der Waals surface area (Å²) in [6.07, 6.45) is 4.03. The van der Waals surface area contributed by atoms with Gasteiger partial charge in [0.05, 0.1) is 15.9 Å². The molecule has 1 aromatic rings. The van der Waals surface area contributed by atoms with Crippen LogP contribution >= 0.6 is 22.6 Å². The zero-order valence-electron chi connectivity index (χ0n) is 13.2. The maximum absolute atomic E-state index is 6.06. The molecule has 0 radical (unpaired) electrons. The molecular weight excluding hydrogens is 381 g/mol. The number of anilines is 1. The van der Waals surface area contributed by atoms with Gasteiger partial charge < -0.3 is 15.2 Å². The first-order chi connectivity index (χ1) is 9.83. The average molecular weight is 405 g/mol. The van der Waals surface area contributed by atoms with Gasteiger partial charge in [0.2, 0.25) is 0 Å². The molecule has 1 aliphatic rings. The fourth-order valence-corrected chi connectivity index (χ4v) is 3.20. The lowest BCUT2D eigenvalue weighted by Crippen LogP contribution is -2.38. The van der Waals surface area contributed by atoms with E-state index in [1.165, 1.54) is 0 Å². The van der Waals surface area contributed by atoms with Crippen molar-refractivity contribution >= 4 is 28.4 Å². The van der Waals surface area contributed by atoms with Gasteiger partial charge in [-0.15, -0.1) is 0 Å². The summed E-state index contributed by atoms with van der Waals surface area (Å²) in [6.45, 7) is 5.03. The van der Waals surface area contributed by atoms with E-state index in [9.17, 15) is 0 Å². The maximum Gasteiger partial charge on any atom is 0.163 e. The topological polar surface area (TPSA) is 70.3 Å². The number of ether oxygens (including phenoxy) is 2. The van der Waals surface area contributed by atoms with Crippen LogP contribution in [0.2, 0.25) is 0 Å². The van der Waals surface area contributed by atoms with Crippen LogP contribution in [0.25, 0.3) is 0 Å². The summed E-state index contributed by atoms with van der Waals surface area (Å²) in [5, 5.41) is 0. The normalized spacial score (nSPS) is 20.4. The van der Waals surface area contributed by atoms with E-state index in [-0.39, 0.29) is 0 Å². The second kappa shape index (κ2) is 6.34. The average Bonchev–Trinajstić information content (AvgIpc) is 2.44. The molecule has 2 rings (SSSR count). The Balaban J connectivity index is 2.39. The molecule has 118 valence electrons. The predicted molar refractivity (Wildman–Crippen MR) is 90.8 cm³/mol. The highest BCUT2D eigenvalue weighted by molar-refractivity contribution is 14.1. The summed E-state index contributed by atoms with van der Waals surface area (Å²) in [4.78, 5) is 9.20. The molecule has 0 saturated heterocycles. The van der Waals surface area contributed by atoms with Gasteiger partial charge in [0.25, 0.3) is 0 Å². The summed E-state index contributed by atoms with van der Waals surface area (Å²) in [6, 6.07) is 0. The Hall–Kier alpha value is -0.470. The number of halogens is 1. The summed E-state index contributed by atoms with van der Waals surface area (Å²) in [7, 11) is 3.40. The highest BCUT2D eigenvalue weighted by Gasteiger charge is 2.42. The molecule has 1 aromatic heterocycles. The van der Waals surface area contributed by atoms with Crippen LogP contribution in [0.3, 0.4) is 0 Å². The first kappa shape index (κ1) is 16.9. The summed E-state index contributed by atoms with van der Waals surface area (Å²) in [5.41, 5.74) is 6.82. The van der Waals surface area contributed by atoms with Gasteiger partial charge in [0, 0.05) is 14.2 Å². The third-order valence-electron chi connectivity index (χ3n) is 4.44. The molecule has 2 N–H and O–H groups in total. The van der Waals surface area contributed by atoms with Crippen molar-refractivity contribution in [3.05, 3.63) is 15.1 Å². The number of aromatic nitrogens is 2. The Labute approximate surface area is 140 Å². The van der Waals surface area contributed by atoms with Gasteiger partial charge in [-0.25, -0.2) is 9.97 Å². The molecule has 0 atom stereocenters. The van der Waals surface area contributed by atoms with Crippen molar-refractivity contribution in [2.45, 2.75) is 51.7 Å². The van der Waals surface area contributed by atoms with Gasteiger partial charge in [0.1, 0.15) is 11.4 Å². The molecule has 1 heterocycles. The van der Waals surface area contributed by atoms with Gasteiger partial charge in [-0.05, 0) is 53.7 Å². The van der Waals surface area contributed by atoms with Crippen LogP contribution in [0.4, 0.5) is 5.82 Å². The third kappa shape index (κ3) is 3.48. The SMILES string of the molecule is COCc1nc(C2(OC)CCC(C)(C)CC2)nc(N)c1I. The smallest absolute Gasteiger partial charge is 0.163 e. The second-order valence-electron chi connectivity index (χ2n) is 6.49. The lowest BCUT2D eigenvalue weighted by Gasteiger charge is -2.41. The molecule has 6 heteroatoms. The summed E-state index contributed by atoms with van der Waals surface area (Å²) >= 11 is 2.17. The quantitative estimate of drug-likeness (QED) is 0.779. The fourth-order valence-electron chi connectivity index (χ4n) is 2.80. The molecule has 1 saturated carbocycles. The Bertz CT molecular complexity index is 510. The Morgan fingerprint density at radius 2 is 1.76 bits per heavy atom. The van der Waals surface area contributed by atoms with Crippen LogP contribution in [-0.2, 0) is 21.7 Å². The van der Waals surface area contributed by atoms with E-state index >= 15 is 0 Å². The van der Waals surface area contributed by atoms with Crippen molar-refractivity contribution < 1.29 is 9.47 Å². The van der Waals surface area contributed by atoms with E-state index in [2.05, 4.69) is 46.4 Å². The molecule has 0 bridgehead atoms. The summed E-state index contributed by atoms with van der Waals surface area (Å²) in [5.74, 6) is 1.21. The number of nitrogen functional groups attached to an aromatic ring is 1. The Morgan fingerprint density at radius 3 is 2.29 bits per heavy atom. The largest absolute Gasteiger partial charge is 0.383 e. The molecule has 5 nitrogen and oxygen atoms in total. The van der Waals surface area contributed by atoms with Crippen molar-refractivity contribution in [2.24, 2.45) is 5.41 Å². The van der Waals surface area contributed by atoms with Crippen LogP contribution < -0.4 is 5.73 Å². The third-order valence-corrected chi connectivity index (χ3v) is 5.61. The van der Waals surface area contributed by atoms with Crippen LogP contribution in [0.5, 0.6) is 0 Å². The van der Waals surface area contributed by atoms with E-state index in [4.69, 9.17) is 15.2 Å². The molecule has 0 amide bonds. The van der Waals surface area contributed by atoms with Crippen LogP contribution in [0.15, 0.2) is 0 Å². The Kier molecular flexibility index (Phi) is 5.10. The van der Waals surface area contributed by atoms with Crippen LogP contribution in [0, 0.1) is 8.99 Å². The van der Waals surface area contributed by atoms with Crippen LogP contribution in [0.1, 0.15) is 51.0 Å². The number of hydrogen-bond donors (Lipinski definition) is 1. The molecule has 1 aliphatic carbocycles. The molecule has 0 aromatic carbocycles. The minimum atomic E-state index is -0.420. The number of rotatable bonds is 4.